The van der Waals surface area contributed by atoms with Crippen molar-refractivity contribution < 1.29 is 32.7 Å². The SMILES string of the molecule is C[C@@H]1CC(NC(=O)O)C[C@H](c2ccncc2NC(=O)c2ccc(F)c(-c3c(F)cc(C=O)cc3F)n2)C1. The van der Waals surface area contributed by atoms with Crippen LogP contribution >= 0.6 is 0 Å². The number of aldehydes is 1. The highest BCUT2D eigenvalue weighted by Crippen LogP contribution is 2.39. The average Bonchev–Trinajstić information content (AvgIpc) is 2.84. The van der Waals surface area contributed by atoms with Gasteiger partial charge in [-0.2, -0.15) is 0 Å². The molecule has 0 saturated heterocycles. The summed E-state index contributed by atoms with van der Waals surface area (Å²) in [5.74, 6) is -4.05. The Bertz CT molecular complexity index is 1340. The number of halogens is 3. The number of nitrogens with zero attached hydrogens (tertiary/aromatic N) is 2. The van der Waals surface area contributed by atoms with E-state index in [2.05, 4.69) is 20.6 Å². The molecule has 2 aromatic heterocycles. The van der Waals surface area contributed by atoms with Crippen LogP contribution in [0.5, 0.6) is 0 Å². The lowest BCUT2D eigenvalue weighted by Gasteiger charge is -2.34. The minimum absolute atomic E-state index is 0.0739. The summed E-state index contributed by atoms with van der Waals surface area (Å²) < 4.78 is 43.5. The number of rotatable bonds is 6. The topological polar surface area (TPSA) is 121 Å². The van der Waals surface area contributed by atoms with E-state index in [1.54, 1.807) is 12.3 Å². The Morgan fingerprint density at radius 3 is 2.46 bits per heavy atom. The fourth-order valence-electron chi connectivity index (χ4n) is 4.83. The van der Waals surface area contributed by atoms with E-state index in [1.807, 2.05) is 6.92 Å². The first-order valence-electron chi connectivity index (χ1n) is 11.5. The molecule has 1 aromatic carbocycles. The maximum atomic E-state index is 14.5. The first-order chi connectivity index (χ1) is 17.7. The molecule has 0 spiro atoms. The van der Waals surface area contributed by atoms with Crippen LogP contribution in [0.1, 0.15) is 58.5 Å². The molecule has 4 rings (SSSR count). The average molecular weight is 512 g/mol. The van der Waals surface area contributed by atoms with Gasteiger partial charge < -0.3 is 15.7 Å². The van der Waals surface area contributed by atoms with E-state index in [1.165, 1.54) is 6.20 Å². The van der Waals surface area contributed by atoms with E-state index in [0.29, 0.717) is 18.5 Å². The van der Waals surface area contributed by atoms with E-state index in [9.17, 15) is 27.6 Å². The Balaban J connectivity index is 1.62. The zero-order chi connectivity index (χ0) is 26.7. The lowest BCUT2D eigenvalue weighted by molar-refractivity contribution is 0.102. The summed E-state index contributed by atoms with van der Waals surface area (Å²) in [6, 6.07) is 4.94. The predicted molar refractivity (Wildman–Crippen MR) is 128 cm³/mol. The van der Waals surface area contributed by atoms with Gasteiger partial charge in [0.1, 0.15) is 35.1 Å². The second-order valence-corrected chi connectivity index (χ2v) is 9.08. The zero-order valence-corrected chi connectivity index (χ0v) is 19.7. The van der Waals surface area contributed by atoms with Crippen LogP contribution in [0.4, 0.5) is 23.7 Å². The van der Waals surface area contributed by atoms with Gasteiger partial charge in [-0.25, -0.2) is 22.9 Å². The highest BCUT2D eigenvalue weighted by molar-refractivity contribution is 6.03. The van der Waals surface area contributed by atoms with Crippen LogP contribution < -0.4 is 10.6 Å². The largest absolute Gasteiger partial charge is 0.465 e. The maximum absolute atomic E-state index is 14.5. The molecule has 8 nitrogen and oxygen atoms in total. The minimum Gasteiger partial charge on any atom is -0.465 e. The van der Waals surface area contributed by atoms with E-state index in [4.69, 9.17) is 5.11 Å². The summed E-state index contributed by atoms with van der Waals surface area (Å²) in [6.45, 7) is 2.02. The first-order valence-corrected chi connectivity index (χ1v) is 11.5. The molecule has 11 heteroatoms. The lowest BCUT2D eigenvalue weighted by Crippen LogP contribution is -2.39. The van der Waals surface area contributed by atoms with Crippen LogP contribution in [0, 0.1) is 23.4 Å². The highest BCUT2D eigenvalue weighted by atomic mass is 19.1. The zero-order valence-electron chi connectivity index (χ0n) is 19.7. The predicted octanol–water partition coefficient (Wildman–Crippen LogP) is 5.17. The summed E-state index contributed by atoms with van der Waals surface area (Å²) in [6.07, 6.45) is 4.13. The van der Waals surface area contributed by atoms with Gasteiger partial charge in [-0.15, -0.1) is 0 Å². The van der Waals surface area contributed by atoms with Crippen LogP contribution in [0.3, 0.4) is 0 Å². The smallest absolute Gasteiger partial charge is 0.404 e. The van der Waals surface area contributed by atoms with Gasteiger partial charge in [-0.3, -0.25) is 14.6 Å². The Morgan fingerprint density at radius 2 is 1.78 bits per heavy atom. The molecule has 1 unspecified atom stereocenters. The van der Waals surface area contributed by atoms with Crippen molar-refractivity contribution in [3.05, 3.63) is 77.0 Å². The summed E-state index contributed by atoms with van der Waals surface area (Å²) >= 11 is 0. The van der Waals surface area contributed by atoms with Gasteiger partial charge in [0.15, 0.2) is 0 Å². The molecule has 37 heavy (non-hydrogen) atoms. The number of benzene rings is 1. The first kappa shape index (κ1) is 25.8. The van der Waals surface area contributed by atoms with Crippen molar-refractivity contribution in [3.8, 4) is 11.3 Å². The molecule has 1 aliphatic rings. The van der Waals surface area contributed by atoms with Gasteiger partial charge in [-0.1, -0.05) is 6.92 Å². The van der Waals surface area contributed by atoms with E-state index < -0.39 is 40.7 Å². The number of hydrogen-bond donors (Lipinski definition) is 3. The molecule has 3 N–H and O–H groups in total. The fourth-order valence-corrected chi connectivity index (χ4v) is 4.83. The number of aromatic nitrogens is 2. The van der Waals surface area contributed by atoms with Gasteiger partial charge in [0.05, 0.1) is 17.4 Å². The quantitative estimate of drug-likeness (QED) is 0.392. The molecule has 1 saturated carbocycles. The number of pyridine rings is 2. The third-order valence-electron chi connectivity index (χ3n) is 6.33. The Labute approximate surface area is 210 Å². The molecule has 1 fully saturated rings. The van der Waals surface area contributed by atoms with Crippen molar-refractivity contribution >= 4 is 24.0 Å². The molecule has 3 aromatic rings. The molecule has 3 atom stereocenters. The number of carbonyl (C=O) groups is 3. The van der Waals surface area contributed by atoms with Crippen molar-refractivity contribution in [2.45, 2.75) is 38.1 Å². The van der Waals surface area contributed by atoms with Crippen molar-refractivity contribution in [1.82, 2.24) is 15.3 Å². The minimum atomic E-state index is -1.20. The lowest BCUT2D eigenvalue weighted by atomic mass is 9.76. The Morgan fingerprint density at radius 1 is 1.05 bits per heavy atom. The van der Waals surface area contributed by atoms with Crippen molar-refractivity contribution in [2.75, 3.05) is 5.32 Å². The molecular formula is C26H23F3N4O4. The fraction of sp³-hybridized carbons (Fsp3) is 0.269. The monoisotopic (exact) mass is 512 g/mol. The van der Waals surface area contributed by atoms with Crippen LogP contribution in [-0.4, -0.2) is 39.4 Å². The van der Waals surface area contributed by atoms with Crippen molar-refractivity contribution in [1.29, 1.82) is 0 Å². The second-order valence-electron chi connectivity index (χ2n) is 9.08. The maximum Gasteiger partial charge on any atom is 0.404 e. The number of amides is 2. The summed E-state index contributed by atoms with van der Waals surface area (Å²) in [7, 11) is 0. The molecule has 0 radical (unpaired) electrons. The third kappa shape index (κ3) is 5.76. The van der Waals surface area contributed by atoms with E-state index in [-0.39, 0.29) is 35.4 Å². The van der Waals surface area contributed by atoms with Gasteiger partial charge in [0, 0.05) is 17.8 Å². The van der Waals surface area contributed by atoms with Crippen LogP contribution in [0.25, 0.3) is 11.3 Å². The molecule has 2 heterocycles. The number of nitrogens with one attached hydrogen (secondary N) is 2. The van der Waals surface area contributed by atoms with Gasteiger partial charge in [-0.05, 0) is 67.0 Å². The molecule has 0 bridgehead atoms. The van der Waals surface area contributed by atoms with Gasteiger partial charge >= 0.3 is 6.09 Å². The van der Waals surface area contributed by atoms with Gasteiger partial charge in [0.2, 0.25) is 0 Å². The summed E-state index contributed by atoms with van der Waals surface area (Å²) in [4.78, 5) is 43.0. The number of hydrogen-bond acceptors (Lipinski definition) is 5. The standard InChI is InChI=1S/C26H23F3N4O4/c1-13-6-15(10-16(7-13)31-26(36)37)17-4-5-30-11-22(17)33-25(35)21-3-2-18(27)24(32-21)23-19(28)8-14(12-34)9-20(23)29/h2-5,8-9,11-13,15-16,31H,6-7,10H2,1H3,(H,33,35)(H,36,37)/t13-,15+,16?/m0/s1. The number of anilines is 1. The van der Waals surface area contributed by atoms with Crippen molar-refractivity contribution in [2.24, 2.45) is 5.92 Å². The second kappa shape index (κ2) is 10.8. The molecule has 192 valence electrons. The van der Waals surface area contributed by atoms with Crippen LogP contribution in [0.15, 0.2) is 42.7 Å². The Kier molecular flexibility index (Phi) is 7.51. The Hall–Kier alpha value is -4.28. The van der Waals surface area contributed by atoms with E-state index >= 15 is 0 Å². The van der Waals surface area contributed by atoms with Crippen LogP contribution in [0.2, 0.25) is 0 Å². The molecular weight excluding hydrogens is 489 g/mol. The molecule has 1 aliphatic carbocycles. The third-order valence-corrected chi connectivity index (χ3v) is 6.33. The van der Waals surface area contributed by atoms with E-state index in [0.717, 1.165) is 36.2 Å². The van der Waals surface area contributed by atoms with Crippen LogP contribution in [-0.2, 0) is 0 Å². The number of carbonyl (C=O) groups excluding carboxylic acids is 2. The molecule has 2 amide bonds. The number of carboxylic acid groups (broad SMARTS) is 1. The highest BCUT2D eigenvalue weighted by Gasteiger charge is 2.30. The normalized spacial score (nSPS) is 19.2. The summed E-state index contributed by atoms with van der Waals surface area (Å²) in [5.41, 5.74) is -0.970. The van der Waals surface area contributed by atoms with Crippen molar-refractivity contribution in [3.63, 3.8) is 0 Å². The van der Waals surface area contributed by atoms with Gasteiger partial charge in [0.25, 0.3) is 5.91 Å². The molecule has 0 aliphatic heterocycles. The summed E-state index contributed by atoms with van der Waals surface area (Å²) in [5, 5.41) is 14.3.